The number of sulfonamides is 1. The second-order valence-corrected chi connectivity index (χ2v) is 7.26. The van der Waals surface area contributed by atoms with Crippen molar-refractivity contribution in [3.8, 4) is 0 Å². The lowest BCUT2D eigenvalue weighted by Crippen LogP contribution is -2.52. The summed E-state index contributed by atoms with van der Waals surface area (Å²) in [5.41, 5.74) is -4.05. The number of amides is 1. The molecule has 0 aromatic heterocycles. The van der Waals surface area contributed by atoms with Gasteiger partial charge in [0.05, 0.1) is 15.7 Å². The fourth-order valence-corrected chi connectivity index (χ4v) is 3.33. The molecule has 0 radical (unpaired) electrons. The summed E-state index contributed by atoms with van der Waals surface area (Å²) >= 11 is 11.6. The van der Waals surface area contributed by atoms with Crippen molar-refractivity contribution in [1.29, 1.82) is 0 Å². The monoisotopic (exact) mass is 408 g/mol. The van der Waals surface area contributed by atoms with E-state index in [0.29, 0.717) is 0 Å². The number of aliphatic hydroxyl groups is 1. The quantitative estimate of drug-likeness (QED) is 0.697. The van der Waals surface area contributed by atoms with Crippen LogP contribution in [0.15, 0.2) is 17.0 Å². The molecule has 0 spiro atoms. The lowest BCUT2D eigenvalue weighted by atomic mass is 10.1. The van der Waals surface area contributed by atoms with Gasteiger partial charge in [-0.2, -0.15) is 13.2 Å². The molecule has 0 aliphatic heterocycles. The number of nitrogens with one attached hydrogen (secondary N) is 2. The van der Waals surface area contributed by atoms with Gasteiger partial charge in [-0.3, -0.25) is 4.79 Å². The van der Waals surface area contributed by atoms with Crippen molar-refractivity contribution in [3.05, 3.63) is 22.2 Å². The summed E-state index contributed by atoms with van der Waals surface area (Å²) in [7, 11) is -3.97. The molecular formula is C12H13Cl2F3N2O4S. The van der Waals surface area contributed by atoms with Gasteiger partial charge in [-0.1, -0.05) is 30.1 Å². The molecule has 1 aromatic carbocycles. The van der Waals surface area contributed by atoms with E-state index in [0.717, 1.165) is 12.1 Å². The molecule has 24 heavy (non-hydrogen) atoms. The van der Waals surface area contributed by atoms with E-state index in [1.807, 2.05) is 0 Å². The molecule has 0 bridgehead atoms. The van der Waals surface area contributed by atoms with Gasteiger partial charge in [0.2, 0.25) is 15.6 Å². The van der Waals surface area contributed by atoms with Crippen LogP contribution < -0.4 is 10.0 Å². The fourth-order valence-electron chi connectivity index (χ4n) is 1.48. The molecule has 1 aromatic rings. The van der Waals surface area contributed by atoms with Crippen molar-refractivity contribution in [3.63, 3.8) is 0 Å². The SMILES string of the molecule is CCNS(=O)(=O)c1ccc(NC(=O)[C@@](C)(O)C(F)(F)F)c(Cl)c1Cl. The second kappa shape index (κ2) is 7.04. The average Bonchev–Trinajstić information content (AvgIpc) is 2.42. The van der Waals surface area contributed by atoms with Gasteiger partial charge >= 0.3 is 6.18 Å². The van der Waals surface area contributed by atoms with Crippen LogP contribution in [0.5, 0.6) is 0 Å². The van der Waals surface area contributed by atoms with E-state index in [4.69, 9.17) is 23.2 Å². The van der Waals surface area contributed by atoms with Crippen molar-refractivity contribution in [2.24, 2.45) is 0 Å². The van der Waals surface area contributed by atoms with Crippen LogP contribution in [0.3, 0.4) is 0 Å². The van der Waals surface area contributed by atoms with Gasteiger partial charge in [-0.05, 0) is 19.1 Å². The Hall–Kier alpha value is -1.07. The van der Waals surface area contributed by atoms with Gasteiger partial charge < -0.3 is 10.4 Å². The molecule has 0 fully saturated rings. The van der Waals surface area contributed by atoms with Crippen LogP contribution in [-0.4, -0.2) is 37.8 Å². The van der Waals surface area contributed by atoms with Crippen LogP contribution in [0, 0.1) is 0 Å². The summed E-state index contributed by atoms with van der Waals surface area (Å²) in [4.78, 5) is 11.2. The molecular weight excluding hydrogens is 396 g/mol. The first-order valence-corrected chi connectivity index (χ1v) is 8.57. The van der Waals surface area contributed by atoms with Crippen LogP contribution in [0.4, 0.5) is 18.9 Å². The number of rotatable bonds is 5. The summed E-state index contributed by atoms with van der Waals surface area (Å²) < 4.78 is 63.8. The standard InChI is InChI=1S/C12H13Cl2F3N2O4S/c1-3-18-24(22,23)7-5-4-6(8(13)9(7)14)19-10(20)11(2,21)12(15,16)17/h4-5,18,21H,3H2,1-2H3,(H,19,20)/t11-/m1/s1. The maximum Gasteiger partial charge on any atom is 0.426 e. The Morgan fingerprint density at radius 2 is 1.79 bits per heavy atom. The smallest absolute Gasteiger partial charge is 0.373 e. The van der Waals surface area contributed by atoms with Crippen LogP contribution >= 0.6 is 23.2 Å². The van der Waals surface area contributed by atoms with E-state index < -0.39 is 42.6 Å². The third kappa shape index (κ3) is 4.12. The van der Waals surface area contributed by atoms with Crippen molar-refractivity contribution in [1.82, 2.24) is 4.72 Å². The predicted molar refractivity (Wildman–Crippen MR) is 82.6 cm³/mol. The van der Waals surface area contributed by atoms with Crippen molar-refractivity contribution in [2.75, 3.05) is 11.9 Å². The van der Waals surface area contributed by atoms with Crippen molar-refractivity contribution in [2.45, 2.75) is 30.5 Å². The first kappa shape index (κ1) is 21.0. The number of carbonyl (C=O) groups is 1. The maximum absolute atomic E-state index is 12.6. The molecule has 1 rings (SSSR count). The van der Waals surface area contributed by atoms with Gasteiger partial charge in [0, 0.05) is 6.54 Å². The van der Waals surface area contributed by atoms with Crippen LogP contribution in [0.2, 0.25) is 10.0 Å². The molecule has 1 atom stereocenters. The van der Waals surface area contributed by atoms with E-state index >= 15 is 0 Å². The van der Waals surface area contributed by atoms with Crippen molar-refractivity contribution < 1.29 is 31.5 Å². The number of alkyl halides is 3. The highest BCUT2D eigenvalue weighted by Crippen LogP contribution is 2.37. The molecule has 0 unspecified atom stereocenters. The number of hydrogen-bond acceptors (Lipinski definition) is 4. The van der Waals surface area contributed by atoms with E-state index in [2.05, 4.69) is 4.72 Å². The minimum atomic E-state index is -5.22. The number of halogens is 5. The third-order valence-electron chi connectivity index (χ3n) is 2.91. The number of hydrogen-bond donors (Lipinski definition) is 3. The summed E-state index contributed by atoms with van der Waals surface area (Å²) in [5, 5.41) is 10.1. The Bertz CT molecular complexity index is 751. The first-order chi connectivity index (χ1) is 10.8. The Kier molecular flexibility index (Phi) is 6.16. The van der Waals surface area contributed by atoms with Crippen molar-refractivity contribution >= 4 is 44.8 Å². The Balaban J connectivity index is 3.23. The molecule has 6 nitrogen and oxygen atoms in total. The van der Waals surface area contributed by atoms with Gasteiger partial charge in [-0.15, -0.1) is 0 Å². The summed E-state index contributed by atoms with van der Waals surface area (Å²) in [6.45, 7) is 1.87. The second-order valence-electron chi connectivity index (χ2n) is 4.76. The molecule has 136 valence electrons. The zero-order valence-electron chi connectivity index (χ0n) is 12.3. The predicted octanol–water partition coefficient (Wildman–Crippen LogP) is 2.54. The Morgan fingerprint density at radius 3 is 2.25 bits per heavy atom. The summed E-state index contributed by atoms with van der Waals surface area (Å²) in [5.74, 6) is -1.80. The minimum Gasteiger partial charge on any atom is -0.373 e. The van der Waals surface area contributed by atoms with Crippen LogP contribution in [0.1, 0.15) is 13.8 Å². The van der Waals surface area contributed by atoms with E-state index in [1.54, 1.807) is 5.32 Å². The average molecular weight is 409 g/mol. The summed E-state index contributed by atoms with van der Waals surface area (Å²) in [6, 6.07) is 1.92. The highest BCUT2D eigenvalue weighted by molar-refractivity contribution is 7.89. The highest BCUT2D eigenvalue weighted by atomic mass is 35.5. The molecule has 0 aliphatic carbocycles. The van der Waals surface area contributed by atoms with Gasteiger partial charge in [0.1, 0.15) is 4.90 Å². The van der Waals surface area contributed by atoms with Gasteiger partial charge in [0.25, 0.3) is 5.91 Å². The highest BCUT2D eigenvalue weighted by Gasteiger charge is 2.55. The van der Waals surface area contributed by atoms with Crippen LogP contribution in [-0.2, 0) is 14.8 Å². The lowest BCUT2D eigenvalue weighted by Gasteiger charge is -2.25. The van der Waals surface area contributed by atoms with E-state index in [-0.39, 0.29) is 19.2 Å². The van der Waals surface area contributed by atoms with Gasteiger partial charge in [-0.25, -0.2) is 13.1 Å². The molecule has 0 saturated heterocycles. The number of carbonyl (C=O) groups excluding carboxylic acids is 1. The normalized spacial score (nSPS) is 15.0. The maximum atomic E-state index is 12.6. The molecule has 1 amide bonds. The molecule has 0 aliphatic rings. The molecule has 0 saturated carbocycles. The third-order valence-corrected chi connectivity index (χ3v) is 5.49. The van der Waals surface area contributed by atoms with E-state index in [1.165, 1.54) is 6.92 Å². The van der Waals surface area contributed by atoms with Crippen LogP contribution in [0.25, 0.3) is 0 Å². The molecule has 12 heteroatoms. The fraction of sp³-hybridized carbons (Fsp3) is 0.417. The summed E-state index contributed by atoms with van der Waals surface area (Å²) in [6.07, 6.45) is -5.22. The first-order valence-electron chi connectivity index (χ1n) is 6.34. The zero-order valence-corrected chi connectivity index (χ0v) is 14.7. The molecule has 3 N–H and O–H groups in total. The largest absolute Gasteiger partial charge is 0.426 e. The zero-order chi connectivity index (χ0) is 18.9. The van der Waals surface area contributed by atoms with E-state index in [9.17, 15) is 31.5 Å². The minimum absolute atomic E-state index is 0.0726. The molecule has 0 heterocycles. The van der Waals surface area contributed by atoms with Gasteiger partial charge in [0.15, 0.2) is 0 Å². The topological polar surface area (TPSA) is 95.5 Å². The number of benzene rings is 1. The number of anilines is 1. The lowest BCUT2D eigenvalue weighted by molar-refractivity contribution is -0.242. The Labute approximate surface area is 146 Å². The Morgan fingerprint density at radius 1 is 1.25 bits per heavy atom.